The molecule has 0 bridgehead atoms. The predicted molar refractivity (Wildman–Crippen MR) is 135 cm³/mol. The number of rotatable bonds is 4. The normalized spacial score (nSPS) is 22.6. The number of carbonyl (C=O) groups is 1. The second-order valence-corrected chi connectivity index (χ2v) is 10.1. The number of carboxylic acids is 1. The van der Waals surface area contributed by atoms with E-state index in [2.05, 4.69) is 0 Å². The van der Waals surface area contributed by atoms with Gasteiger partial charge in [0.2, 0.25) is 0 Å². The molecule has 2 unspecified atom stereocenters. The van der Waals surface area contributed by atoms with E-state index in [0.717, 1.165) is 32.7 Å². The van der Waals surface area contributed by atoms with Crippen molar-refractivity contribution in [1.29, 1.82) is 0 Å². The number of ether oxygens (including phenoxy) is 1. The molecule has 0 aliphatic carbocycles. The van der Waals surface area contributed by atoms with Gasteiger partial charge in [-0.2, -0.15) is 0 Å². The lowest BCUT2D eigenvalue weighted by atomic mass is 9.66. The Morgan fingerprint density at radius 1 is 0.824 bits per heavy atom. The van der Waals surface area contributed by atoms with Gasteiger partial charge in [-0.15, -0.1) is 0 Å². The van der Waals surface area contributed by atoms with E-state index >= 15 is 0 Å². The summed E-state index contributed by atoms with van der Waals surface area (Å²) in [6.45, 7) is 5.56. The summed E-state index contributed by atoms with van der Waals surface area (Å²) in [4.78, 5) is 12.0. The first-order chi connectivity index (χ1) is 16.2. The van der Waals surface area contributed by atoms with E-state index in [1.54, 1.807) is 0 Å². The number of aliphatic hydroxyl groups is 1. The van der Waals surface area contributed by atoms with E-state index in [9.17, 15) is 15.0 Å². The van der Waals surface area contributed by atoms with Gasteiger partial charge in [-0.25, -0.2) is 0 Å². The molecule has 174 valence electrons. The number of benzene rings is 4. The lowest BCUT2D eigenvalue weighted by molar-refractivity contribution is -0.256. The highest BCUT2D eigenvalue weighted by molar-refractivity contribution is 5.91. The van der Waals surface area contributed by atoms with Gasteiger partial charge in [0.05, 0.1) is 11.5 Å². The minimum absolute atomic E-state index is 0.399. The average Bonchev–Trinajstić information content (AvgIpc) is 2.82. The largest absolute Gasteiger partial charge is 0.481 e. The first-order valence-corrected chi connectivity index (χ1v) is 11.8. The fourth-order valence-electron chi connectivity index (χ4n) is 5.94. The SMILES string of the molecule is CC1(C)OC(C)(C(O)(c2cccc3ccccc23)c2cccc3ccccc23)CCC1C(=O)O. The molecule has 5 rings (SSSR count). The number of aliphatic carboxylic acids is 1. The standard InChI is InChI=1S/C30H30O4/c1-28(2)26(27(31)32)18-19-29(3,34-28)30(33,24-16-8-12-20-10-4-6-14-22(20)24)25-17-9-13-21-11-5-7-15-23(21)25/h4-17,26,33H,18-19H2,1-3H3,(H,31,32). The van der Waals surface area contributed by atoms with Crippen molar-refractivity contribution < 1.29 is 19.7 Å². The number of hydrogen-bond acceptors (Lipinski definition) is 3. The molecular formula is C30H30O4. The molecule has 4 aromatic rings. The summed E-state index contributed by atoms with van der Waals surface area (Å²) in [7, 11) is 0. The summed E-state index contributed by atoms with van der Waals surface area (Å²) in [5.41, 5.74) is -2.04. The minimum atomic E-state index is -1.53. The van der Waals surface area contributed by atoms with Gasteiger partial charge in [0, 0.05) is 0 Å². The Morgan fingerprint density at radius 2 is 1.29 bits per heavy atom. The first-order valence-electron chi connectivity index (χ1n) is 11.8. The van der Waals surface area contributed by atoms with Crippen molar-refractivity contribution in [3.63, 3.8) is 0 Å². The van der Waals surface area contributed by atoms with Crippen LogP contribution in [0.1, 0.15) is 44.7 Å². The molecule has 1 aliphatic heterocycles. The Labute approximate surface area is 199 Å². The molecule has 0 radical (unpaired) electrons. The van der Waals surface area contributed by atoms with Gasteiger partial charge in [0.25, 0.3) is 0 Å². The third-order valence-electron chi connectivity index (χ3n) is 7.66. The summed E-state index contributed by atoms with van der Waals surface area (Å²) in [5.74, 6) is -1.52. The van der Waals surface area contributed by atoms with Crippen LogP contribution >= 0.6 is 0 Å². The van der Waals surface area contributed by atoms with Gasteiger partial charge in [0.15, 0.2) is 0 Å². The zero-order valence-corrected chi connectivity index (χ0v) is 19.8. The van der Waals surface area contributed by atoms with E-state index in [4.69, 9.17) is 4.74 Å². The smallest absolute Gasteiger partial charge is 0.309 e. The fraction of sp³-hybridized carbons (Fsp3) is 0.300. The second-order valence-electron chi connectivity index (χ2n) is 10.1. The van der Waals surface area contributed by atoms with Gasteiger partial charge in [-0.05, 0) is 66.3 Å². The van der Waals surface area contributed by atoms with Crippen molar-refractivity contribution in [2.45, 2.75) is 50.4 Å². The third-order valence-corrected chi connectivity index (χ3v) is 7.66. The van der Waals surface area contributed by atoms with Crippen LogP contribution in [0.3, 0.4) is 0 Å². The maximum absolute atomic E-state index is 13.0. The Bertz CT molecular complexity index is 1300. The maximum Gasteiger partial charge on any atom is 0.309 e. The summed E-state index contributed by atoms with van der Waals surface area (Å²) in [5, 5.41) is 26.8. The third kappa shape index (κ3) is 3.32. The van der Waals surface area contributed by atoms with Crippen LogP contribution in [0.15, 0.2) is 84.9 Å². The van der Waals surface area contributed by atoms with Crippen LogP contribution in [0.4, 0.5) is 0 Å². The second kappa shape index (κ2) is 7.93. The van der Waals surface area contributed by atoms with Crippen LogP contribution in [0.2, 0.25) is 0 Å². The van der Waals surface area contributed by atoms with Crippen molar-refractivity contribution in [1.82, 2.24) is 0 Å². The number of hydrogen-bond donors (Lipinski definition) is 2. The van der Waals surface area contributed by atoms with Gasteiger partial charge in [-0.1, -0.05) is 84.9 Å². The fourth-order valence-corrected chi connectivity index (χ4v) is 5.94. The van der Waals surface area contributed by atoms with Gasteiger partial charge < -0.3 is 14.9 Å². The Kier molecular flexibility index (Phi) is 5.27. The van der Waals surface area contributed by atoms with Gasteiger partial charge >= 0.3 is 5.97 Å². The van der Waals surface area contributed by atoms with Crippen LogP contribution < -0.4 is 0 Å². The lowest BCUT2D eigenvalue weighted by Gasteiger charge is -2.54. The lowest BCUT2D eigenvalue weighted by Crippen LogP contribution is -2.61. The Hall–Kier alpha value is -3.21. The molecule has 1 fully saturated rings. The highest BCUT2D eigenvalue weighted by atomic mass is 16.5. The van der Waals surface area contributed by atoms with Gasteiger partial charge in [0.1, 0.15) is 11.2 Å². The summed E-state index contributed by atoms with van der Waals surface area (Å²) >= 11 is 0. The topological polar surface area (TPSA) is 66.8 Å². The summed E-state index contributed by atoms with van der Waals surface area (Å²) in [6.07, 6.45) is 0.813. The molecule has 0 aromatic heterocycles. The monoisotopic (exact) mass is 454 g/mol. The quantitative estimate of drug-likeness (QED) is 0.381. The first kappa shape index (κ1) is 22.6. The number of carboxylic acid groups (broad SMARTS) is 1. The molecule has 4 aromatic carbocycles. The average molecular weight is 455 g/mol. The van der Waals surface area contributed by atoms with E-state index in [1.807, 2.05) is 106 Å². The molecule has 4 heteroatoms. The van der Waals surface area contributed by atoms with Crippen LogP contribution in [0.5, 0.6) is 0 Å². The highest BCUT2D eigenvalue weighted by Gasteiger charge is 2.58. The van der Waals surface area contributed by atoms with Crippen LogP contribution in [0, 0.1) is 5.92 Å². The van der Waals surface area contributed by atoms with Crippen LogP contribution in [-0.2, 0) is 15.1 Å². The molecule has 0 saturated carbocycles. The van der Waals surface area contributed by atoms with E-state index < -0.39 is 28.7 Å². The molecule has 4 nitrogen and oxygen atoms in total. The van der Waals surface area contributed by atoms with E-state index in [0.29, 0.717) is 12.8 Å². The van der Waals surface area contributed by atoms with E-state index in [1.165, 1.54) is 0 Å². The van der Waals surface area contributed by atoms with Crippen molar-refractivity contribution in [3.8, 4) is 0 Å². The zero-order valence-electron chi connectivity index (χ0n) is 19.8. The van der Waals surface area contributed by atoms with E-state index in [-0.39, 0.29) is 0 Å². The Morgan fingerprint density at radius 3 is 1.76 bits per heavy atom. The molecule has 1 saturated heterocycles. The molecule has 34 heavy (non-hydrogen) atoms. The molecular weight excluding hydrogens is 424 g/mol. The number of fused-ring (bicyclic) bond motifs is 2. The van der Waals surface area contributed by atoms with Crippen molar-refractivity contribution in [3.05, 3.63) is 96.1 Å². The molecule has 2 atom stereocenters. The Balaban J connectivity index is 1.83. The summed E-state index contributed by atoms with van der Waals surface area (Å²) < 4.78 is 6.68. The van der Waals surface area contributed by atoms with Crippen LogP contribution in [-0.4, -0.2) is 27.4 Å². The summed E-state index contributed by atoms with van der Waals surface area (Å²) in [6, 6.07) is 28.0. The zero-order chi connectivity index (χ0) is 24.1. The maximum atomic E-state index is 13.0. The molecule has 0 spiro atoms. The van der Waals surface area contributed by atoms with Crippen LogP contribution in [0.25, 0.3) is 21.5 Å². The van der Waals surface area contributed by atoms with Crippen molar-refractivity contribution in [2.75, 3.05) is 0 Å². The van der Waals surface area contributed by atoms with Gasteiger partial charge in [-0.3, -0.25) is 4.79 Å². The molecule has 0 amide bonds. The van der Waals surface area contributed by atoms with Crippen molar-refractivity contribution in [2.24, 2.45) is 5.92 Å². The predicted octanol–water partition coefficient (Wildman–Crippen LogP) is 6.28. The molecule has 2 N–H and O–H groups in total. The molecule has 1 heterocycles. The minimum Gasteiger partial charge on any atom is -0.481 e. The van der Waals surface area contributed by atoms with Crippen molar-refractivity contribution >= 4 is 27.5 Å². The molecule has 1 aliphatic rings. The highest BCUT2D eigenvalue weighted by Crippen LogP contribution is 2.53.